The van der Waals surface area contributed by atoms with E-state index in [4.69, 9.17) is 11.6 Å². The van der Waals surface area contributed by atoms with Gasteiger partial charge in [0.25, 0.3) is 5.91 Å². The fourth-order valence-electron chi connectivity index (χ4n) is 3.75. The molecule has 5 aromatic rings. The van der Waals surface area contributed by atoms with E-state index in [1.165, 1.54) is 0 Å². The van der Waals surface area contributed by atoms with Gasteiger partial charge in [0.1, 0.15) is 6.54 Å². The van der Waals surface area contributed by atoms with Crippen LogP contribution in [-0.2, 0) is 17.9 Å². The van der Waals surface area contributed by atoms with E-state index in [0.29, 0.717) is 17.0 Å². The summed E-state index contributed by atoms with van der Waals surface area (Å²) in [7, 11) is 0. The molecule has 32 heavy (non-hydrogen) atoms. The zero-order valence-corrected chi connectivity index (χ0v) is 17.6. The molecule has 5 rings (SSSR count). The summed E-state index contributed by atoms with van der Waals surface area (Å²) in [6, 6.07) is 22.4. The molecule has 158 valence electrons. The Morgan fingerprint density at radius 3 is 2.53 bits per heavy atom. The highest BCUT2D eigenvalue weighted by Gasteiger charge is 2.18. The highest BCUT2D eigenvalue weighted by atomic mass is 35.5. The van der Waals surface area contributed by atoms with Crippen LogP contribution in [0.3, 0.4) is 0 Å². The molecule has 0 bridgehead atoms. The van der Waals surface area contributed by atoms with Crippen molar-refractivity contribution in [2.24, 2.45) is 10.2 Å². The van der Waals surface area contributed by atoms with Crippen LogP contribution in [0.4, 0.5) is 5.69 Å². The van der Waals surface area contributed by atoms with Crippen molar-refractivity contribution in [3.05, 3.63) is 89.7 Å². The molecule has 0 atom stereocenters. The molecule has 1 N–H and O–H groups in total. The molecule has 0 unspecified atom stereocenters. The van der Waals surface area contributed by atoms with Crippen LogP contribution in [0.15, 0.2) is 89.4 Å². The molecule has 0 spiro atoms. The fourth-order valence-corrected chi connectivity index (χ4v) is 3.94. The maximum absolute atomic E-state index is 12.5. The third-order valence-corrected chi connectivity index (χ3v) is 5.67. The van der Waals surface area contributed by atoms with Gasteiger partial charge in [-0.1, -0.05) is 60.1 Å². The Labute approximate surface area is 188 Å². The summed E-state index contributed by atoms with van der Waals surface area (Å²) in [5.74, 6) is -0.522. The van der Waals surface area contributed by atoms with Crippen molar-refractivity contribution in [3.8, 4) is 5.88 Å². The minimum absolute atomic E-state index is 0.00302. The quantitative estimate of drug-likeness (QED) is 0.353. The number of hydrogen-bond acceptors (Lipinski definition) is 4. The van der Waals surface area contributed by atoms with Gasteiger partial charge in [0.15, 0.2) is 5.69 Å². The largest absolute Gasteiger partial charge is 0.493 e. The van der Waals surface area contributed by atoms with E-state index in [9.17, 15) is 9.90 Å². The Morgan fingerprint density at radius 1 is 0.969 bits per heavy atom. The molecule has 0 aliphatic carbocycles. The molecule has 1 amide bonds. The van der Waals surface area contributed by atoms with Crippen LogP contribution in [0.25, 0.3) is 21.9 Å². The summed E-state index contributed by atoms with van der Waals surface area (Å²) in [4.78, 5) is 16.8. The average molecular weight is 444 g/mol. The highest BCUT2D eigenvalue weighted by molar-refractivity contribution is 6.31. The maximum Gasteiger partial charge on any atom is 0.284 e. The van der Waals surface area contributed by atoms with E-state index < -0.39 is 5.91 Å². The molecule has 0 aliphatic rings. The normalized spacial score (nSPS) is 11.7. The number of fused-ring (bicyclic) bond motifs is 2. The topological polar surface area (TPSA) is 84.8 Å². The van der Waals surface area contributed by atoms with Gasteiger partial charge >= 0.3 is 0 Å². The van der Waals surface area contributed by atoms with Crippen LogP contribution >= 0.6 is 11.6 Å². The molecular formula is C24H18ClN5O2. The lowest BCUT2D eigenvalue weighted by Gasteiger charge is -2.08. The summed E-state index contributed by atoms with van der Waals surface area (Å²) >= 11 is 6.31. The second kappa shape index (κ2) is 8.28. The molecular weight excluding hydrogens is 426 g/mol. The number of aromatic nitrogens is 3. The van der Waals surface area contributed by atoms with Gasteiger partial charge in [0.05, 0.1) is 29.4 Å². The third kappa shape index (κ3) is 3.63. The molecule has 0 saturated heterocycles. The average Bonchev–Trinajstić information content (AvgIpc) is 3.33. The van der Waals surface area contributed by atoms with E-state index in [0.717, 1.165) is 22.1 Å². The van der Waals surface area contributed by atoms with Crippen molar-refractivity contribution >= 4 is 45.1 Å². The lowest BCUT2D eigenvalue weighted by molar-refractivity contribution is -0.118. The second-order valence-corrected chi connectivity index (χ2v) is 7.73. The molecule has 2 heterocycles. The van der Waals surface area contributed by atoms with E-state index in [2.05, 4.69) is 15.2 Å². The standard InChI is InChI=1S/C24H18ClN5O2/c25-18-9-3-1-7-16(18)13-30-20-11-5-2-8-17(20)23(24(30)32)28-27-22(31)14-29-15-26-19-10-4-6-12-21(19)29/h1-12,15,32H,13-14H2. The first-order chi connectivity index (χ1) is 15.6. The van der Waals surface area contributed by atoms with Crippen LogP contribution in [0.1, 0.15) is 5.56 Å². The Morgan fingerprint density at radius 2 is 1.69 bits per heavy atom. The number of benzene rings is 3. The Kier molecular flexibility index (Phi) is 5.17. The first-order valence-corrected chi connectivity index (χ1v) is 10.4. The first-order valence-electron chi connectivity index (χ1n) is 10.00. The zero-order chi connectivity index (χ0) is 22.1. The Hall–Kier alpha value is -3.97. The number of carbonyl (C=O) groups excluding carboxylic acids is 1. The monoisotopic (exact) mass is 443 g/mol. The molecule has 0 aliphatic heterocycles. The lowest BCUT2D eigenvalue weighted by atomic mass is 10.2. The van der Waals surface area contributed by atoms with E-state index in [1.807, 2.05) is 66.7 Å². The van der Waals surface area contributed by atoms with Gasteiger partial charge in [0.2, 0.25) is 5.88 Å². The number of halogens is 1. The number of hydrogen-bond donors (Lipinski definition) is 1. The van der Waals surface area contributed by atoms with Crippen molar-refractivity contribution < 1.29 is 9.90 Å². The fraction of sp³-hybridized carbons (Fsp3) is 0.0833. The van der Waals surface area contributed by atoms with Crippen molar-refractivity contribution in [2.45, 2.75) is 13.1 Å². The van der Waals surface area contributed by atoms with Crippen molar-refractivity contribution in [3.63, 3.8) is 0 Å². The van der Waals surface area contributed by atoms with Gasteiger partial charge in [-0.05, 0) is 29.8 Å². The number of rotatable bonds is 5. The third-order valence-electron chi connectivity index (χ3n) is 5.30. The zero-order valence-electron chi connectivity index (χ0n) is 16.9. The Balaban J connectivity index is 1.46. The maximum atomic E-state index is 12.5. The molecule has 0 radical (unpaired) electrons. The molecule has 0 saturated carbocycles. The number of imidazole rings is 1. The van der Waals surface area contributed by atoms with Gasteiger partial charge in [-0.2, -0.15) is 0 Å². The van der Waals surface area contributed by atoms with Crippen LogP contribution in [0, 0.1) is 0 Å². The van der Waals surface area contributed by atoms with Crippen molar-refractivity contribution in [1.82, 2.24) is 14.1 Å². The summed E-state index contributed by atoms with van der Waals surface area (Å²) in [6.45, 7) is 0.361. The van der Waals surface area contributed by atoms with Gasteiger partial charge in [-0.15, -0.1) is 10.2 Å². The van der Waals surface area contributed by atoms with Crippen molar-refractivity contribution in [1.29, 1.82) is 0 Å². The first kappa shape index (κ1) is 20.0. The van der Waals surface area contributed by atoms with E-state index in [-0.39, 0.29) is 18.1 Å². The second-order valence-electron chi connectivity index (χ2n) is 7.32. The predicted molar refractivity (Wildman–Crippen MR) is 123 cm³/mol. The smallest absolute Gasteiger partial charge is 0.284 e. The van der Waals surface area contributed by atoms with Gasteiger partial charge in [-0.3, -0.25) is 4.79 Å². The molecule has 2 aromatic heterocycles. The van der Waals surface area contributed by atoms with Gasteiger partial charge < -0.3 is 14.2 Å². The number of aromatic hydroxyl groups is 1. The molecule has 0 fully saturated rings. The Bertz CT molecular complexity index is 1480. The summed E-state index contributed by atoms with van der Waals surface area (Å²) in [5.41, 5.74) is 3.52. The van der Waals surface area contributed by atoms with Crippen LogP contribution in [-0.4, -0.2) is 25.1 Å². The van der Waals surface area contributed by atoms with Crippen molar-refractivity contribution in [2.75, 3.05) is 0 Å². The van der Waals surface area contributed by atoms with Gasteiger partial charge in [0, 0.05) is 10.4 Å². The lowest BCUT2D eigenvalue weighted by Crippen LogP contribution is -2.05. The number of nitrogens with zero attached hydrogens (tertiary/aromatic N) is 5. The number of para-hydroxylation sites is 3. The highest BCUT2D eigenvalue weighted by Crippen LogP contribution is 2.39. The number of azo groups is 1. The van der Waals surface area contributed by atoms with Crippen LogP contribution in [0.2, 0.25) is 5.02 Å². The minimum Gasteiger partial charge on any atom is -0.493 e. The van der Waals surface area contributed by atoms with Crippen LogP contribution < -0.4 is 0 Å². The minimum atomic E-state index is -0.449. The summed E-state index contributed by atoms with van der Waals surface area (Å²) in [6.07, 6.45) is 1.60. The van der Waals surface area contributed by atoms with E-state index >= 15 is 0 Å². The molecule has 7 nitrogen and oxygen atoms in total. The molecule has 3 aromatic carbocycles. The summed E-state index contributed by atoms with van der Waals surface area (Å²) < 4.78 is 3.43. The van der Waals surface area contributed by atoms with E-state index in [1.54, 1.807) is 21.5 Å². The van der Waals surface area contributed by atoms with Crippen LogP contribution in [0.5, 0.6) is 5.88 Å². The summed E-state index contributed by atoms with van der Waals surface area (Å²) in [5, 5.41) is 20.2. The van der Waals surface area contributed by atoms with Gasteiger partial charge in [-0.25, -0.2) is 4.98 Å². The SMILES string of the molecule is O=C(Cn1cnc2ccccc21)N=Nc1c(O)n(Cc2ccccc2Cl)c2ccccc12. The predicted octanol–water partition coefficient (Wildman–Crippen LogP) is 5.71. The number of carbonyl (C=O) groups is 1. The molecule has 8 heteroatoms. The number of amides is 1.